The van der Waals surface area contributed by atoms with Gasteiger partial charge in [-0.15, -0.1) is 0 Å². The number of hydrogen-bond acceptors (Lipinski definition) is 2. The van der Waals surface area contributed by atoms with Crippen molar-refractivity contribution in [3.63, 3.8) is 0 Å². The van der Waals surface area contributed by atoms with E-state index in [0.717, 1.165) is 12.2 Å². The molecule has 0 heterocycles. The van der Waals surface area contributed by atoms with Crippen LogP contribution in [0, 0.1) is 0 Å². The van der Waals surface area contributed by atoms with Crippen LogP contribution >= 0.6 is 0 Å². The molecule has 1 aromatic rings. The first-order chi connectivity index (χ1) is 10.8. The highest BCUT2D eigenvalue weighted by molar-refractivity contribution is 5.89. The van der Waals surface area contributed by atoms with Crippen molar-refractivity contribution < 1.29 is 4.79 Å². The molecule has 1 N–H and O–H groups in total. The fourth-order valence-corrected chi connectivity index (χ4v) is 3.42. The molecular formula is C20H32N2O. The molecule has 128 valence electrons. The molecule has 1 aromatic carbocycles. The Kier molecular flexibility index (Phi) is 5.85. The van der Waals surface area contributed by atoms with Gasteiger partial charge in [-0.3, -0.25) is 9.69 Å². The normalized spacial score (nSPS) is 16.6. The molecule has 0 spiro atoms. The molecule has 0 radical (unpaired) electrons. The SMILES string of the molecule is CC(=O)Nc1ccc(C(C)(C)C)cc1CN(C)C1CCCCC1. The summed E-state index contributed by atoms with van der Waals surface area (Å²) in [7, 11) is 2.22. The lowest BCUT2D eigenvalue weighted by molar-refractivity contribution is -0.114. The van der Waals surface area contributed by atoms with Crippen molar-refractivity contribution in [1.29, 1.82) is 0 Å². The minimum Gasteiger partial charge on any atom is -0.326 e. The molecule has 3 nitrogen and oxygen atoms in total. The Hall–Kier alpha value is -1.35. The average Bonchev–Trinajstić information content (AvgIpc) is 2.48. The van der Waals surface area contributed by atoms with Crippen molar-refractivity contribution in [3.8, 4) is 0 Å². The summed E-state index contributed by atoms with van der Waals surface area (Å²) in [5, 5.41) is 2.99. The maximum atomic E-state index is 11.5. The fourth-order valence-electron chi connectivity index (χ4n) is 3.42. The molecule has 1 saturated carbocycles. The molecule has 3 heteroatoms. The summed E-state index contributed by atoms with van der Waals surface area (Å²) in [5.74, 6) is -0.00456. The van der Waals surface area contributed by atoms with Crippen LogP contribution < -0.4 is 5.32 Å². The zero-order valence-electron chi connectivity index (χ0n) is 15.4. The highest BCUT2D eigenvalue weighted by atomic mass is 16.1. The molecule has 0 unspecified atom stereocenters. The second-order valence-corrected chi connectivity index (χ2v) is 8.01. The second kappa shape index (κ2) is 7.48. The largest absolute Gasteiger partial charge is 0.326 e. The standard InChI is InChI=1S/C20H32N2O/c1-15(23)21-19-12-11-17(20(2,3)4)13-16(19)14-22(5)18-9-7-6-8-10-18/h11-13,18H,6-10,14H2,1-5H3,(H,21,23). The van der Waals surface area contributed by atoms with Gasteiger partial charge in [-0.05, 0) is 42.5 Å². The lowest BCUT2D eigenvalue weighted by atomic mass is 9.85. The smallest absolute Gasteiger partial charge is 0.221 e. The molecule has 0 aliphatic heterocycles. The molecule has 23 heavy (non-hydrogen) atoms. The van der Waals surface area contributed by atoms with Crippen molar-refractivity contribution in [2.24, 2.45) is 0 Å². The number of rotatable bonds is 4. The quantitative estimate of drug-likeness (QED) is 0.872. The predicted octanol–water partition coefficient (Wildman–Crippen LogP) is 4.71. The van der Waals surface area contributed by atoms with Crippen LogP contribution in [0.4, 0.5) is 5.69 Å². The summed E-state index contributed by atoms with van der Waals surface area (Å²) >= 11 is 0. The van der Waals surface area contributed by atoms with Gasteiger partial charge in [0, 0.05) is 25.2 Å². The van der Waals surface area contributed by atoms with Crippen LogP contribution in [0.25, 0.3) is 0 Å². The number of anilines is 1. The van der Waals surface area contributed by atoms with Gasteiger partial charge >= 0.3 is 0 Å². The van der Waals surface area contributed by atoms with Gasteiger partial charge in [-0.2, -0.15) is 0 Å². The van der Waals surface area contributed by atoms with Gasteiger partial charge in [0.1, 0.15) is 0 Å². The first kappa shape index (κ1) is 18.0. The highest BCUT2D eigenvalue weighted by Gasteiger charge is 2.21. The lowest BCUT2D eigenvalue weighted by Gasteiger charge is -2.32. The number of amides is 1. The Labute approximate surface area is 141 Å². The van der Waals surface area contributed by atoms with Crippen LogP contribution in [-0.4, -0.2) is 23.9 Å². The molecule has 1 amide bonds. The van der Waals surface area contributed by atoms with E-state index in [1.54, 1.807) is 6.92 Å². The van der Waals surface area contributed by atoms with Crippen molar-refractivity contribution in [2.45, 2.75) is 77.8 Å². The minimum absolute atomic E-state index is 0.00456. The topological polar surface area (TPSA) is 32.3 Å². The van der Waals surface area contributed by atoms with Gasteiger partial charge in [0.25, 0.3) is 0 Å². The summed E-state index contributed by atoms with van der Waals surface area (Å²) in [6.07, 6.45) is 6.65. The predicted molar refractivity (Wildman–Crippen MR) is 97.8 cm³/mol. The Balaban J connectivity index is 2.23. The third-order valence-corrected chi connectivity index (χ3v) is 4.90. The number of benzene rings is 1. The molecule has 0 atom stereocenters. The summed E-state index contributed by atoms with van der Waals surface area (Å²) in [6, 6.07) is 7.14. The molecular weight excluding hydrogens is 284 g/mol. The monoisotopic (exact) mass is 316 g/mol. The van der Waals surface area contributed by atoms with E-state index >= 15 is 0 Å². The Morgan fingerprint density at radius 1 is 1.22 bits per heavy atom. The van der Waals surface area contributed by atoms with E-state index < -0.39 is 0 Å². The third-order valence-electron chi connectivity index (χ3n) is 4.90. The molecule has 0 saturated heterocycles. The summed E-state index contributed by atoms with van der Waals surface area (Å²) in [5.41, 5.74) is 3.61. The van der Waals surface area contributed by atoms with E-state index in [9.17, 15) is 4.79 Å². The molecule has 0 bridgehead atoms. The van der Waals surface area contributed by atoms with Gasteiger partial charge in [-0.25, -0.2) is 0 Å². The molecule has 2 rings (SSSR count). The van der Waals surface area contributed by atoms with Crippen molar-refractivity contribution >= 4 is 11.6 Å². The van der Waals surface area contributed by atoms with Gasteiger partial charge in [-0.1, -0.05) is 52.2 Å². The second-order valence-electron chi connectivity index (χ2n) is 8.01. The first-order valence-electron chi connectivity index (χ1n) is 8.88. The van der Waals surface area contributed by atoms with Crippen LogP contribution in [0.15, 0.2) is 18.2 Å². The fraction of sp³-hybridized carbons (Fsp3) is 0.650. The Morgan fingerprint density at radius 2 is 1.87 bits per heavy atom. The number of hydrogen-bond donors (Lipinski definition) is 1. The van der Waals surface area contributed by atoms with Crippen LogP contribution in [0.5, 0.6) is 0 Å². The molecule has 0 aromatic heterocycles. The first-order valence-corrected chi connectivity index (χ1v) is 8.88. The lowest BCUT2D eigenvalue weighted by Crippen LogP contribution is -2.33. The van der Waals surface area contributed by atoms with E-state index in [1.165, 1.54) is 43.2 Å². The maximum Gasteiger partial charge on any atom is 0.221 e. The molecule has 1 fully saturated rings. The zero-order valence-corrected chi connectivity index (χ0v) is 15.4. The third kappa shape index (κ3) is 5.07. The van der Waals surface area contributed by atoms with E-state index in [4.69, 9.17) is 0 Å². The van der Waals surface area contributed by atoms with E-state index in [-0.39, 0.29) is 11.3 Å². The Morgan fingerprint density at radius 3 is 2.43 bits per heavy atom. The van der Waals surface area contributed by atoms with Crippen LogP contribution in [0.3, 0.4) is 0 Å². The van der Waals surface area contributed by atoms with E-state index in [0.29, 0.717) is 6.04 Å². The van der Waals surface area contributed by atoms with Crippen LogP contribution in [0.2, 0.25) is 0 Å². The van der Waals surface area contributed by atoms with Gasteiger partial charge in [0.2, 0.25) is 5.91 Å². The summed E-state index contributed by atoms with van der Waals surface area (Å²) in [4.78, 5) is 14.0. The van der Waals surface area contributed by atoms with E-state index in [2.05, 4.69) is 56.2 Å². The molecule has 1 aliphatic rings. The number of nitrogens with one attached hydrogen (secondary N) is 1. The average molecular weight is 316 g/mol. The van der Waals surface area contributed by atoms with Crippen molar-refractivity contribution in [2.75, 3.05) is 12.4 Å². The van der Waals surface area contributed by atoms with E-state index in [1.807, 2.05) is 0 Å². The maximum absolute atomic E-state index is 11.5. The number of carbonyl (C=O) groups is 1. The van der Waals surface area contributed by atoms with Crippen molar-refractivity contribution in [1.82, 2.24) is 4.90 Å². The Bertz CT molecular complexity index is 539. The van der Waals surface area contributed by atoms with Gasteiger partial charge < -0.3 is 5.32 Å². The number of carbonyl (C=O) groups excluding carboxylic acids is 1. The minimum atomic E-state index is -0.00456. The zero-order chi connectivity index (χ0) is 17.0. The highest BCUT2D eigenvalue weighted by Crippen LogP contribution is 2.29. The number of nitrogens with zero attached hydrogens (tertiary/aromatic N) is 1. The van der Waals surface area contributed by atoms with Gasteiger partial charge in [0.05, 0.1) is 0 Å². The summed E-state index contributed by atoms with van der Waals surface area (Å²) in [6.45, 7) is 9.16. The summed E-state index contributed by atoms with van der Waals surface area (Å²) < 4.78 is 0. The van der Waals surface area contributed by atoms with Crippen LogP contribution in [0.1, 0.15) is 70.9 Å². The molecule has 1 aliphatic carbocycles. The van der Waals surface area contributed by atoms with Gasteiger partial charge in [0.15, 0.2) is 0 Å². The van der Waals surface area contributed by atoms with Crippen molar-refractivity contribution in [3.05, 3.63) is 29.3 Å². The van der Waals surface area contributed by atoms with Crippen LogP contribution in [-0.2, 0) is 16.8 Å².